The van der Waals surface area contributed by atoms with Crippen LogP contribution < -0.4 is 4.74 Å². The second kappa shape index (κ2) is 7.44. The Morgan fingerprint density at radius 2 is 1.86 bits per heavy atom. The minimum atomic E-state index is 0.0578. The lowest BCUT2D eigenvalue weighted by atomic mass is 10.0. The Kier molecular flexibility index (Phi) is 5.33. The molecule has 0 N–H and O–H groups in total. The van der Waals surface area contributed by atoms with Crippen molar-refractivity contribution in [3.63, 3.8) is 0 Å². The van der Waals surface area contributed by atoms with Gasteiger partial charge in [-0.2, -0.15) is 0 Å². The highest BCUT2D eigenvalue weighted by atomic mass is 16.5. The molecular formula is C19H21NO. The van der Waals surface area contributed by atoms with E-state index in [-0.39, 0.29) is 6.04 Å². The maximum atomic E-state index is 5.24. The van der Waals surface area contributed by atoms with Crippen LogP contribution in [0.4, 0.5) is 0 Å². The van der Waals surface area contributed by atoms with Gasteiger partial charge in [-0.3, -0.25) is 4.99 Å². The van der Waals surface area contributed by atoms with Crippen LogP contribution >= 0.6 is 0 Å². The molecule has 0 aromatic heterocycles. The third-order valence-electron chi connectivity index (χ3n) is 3.47. The Labute approximate surface area is 126 Å². The van der Waals surface area contributed by atoms with E-state index in [1.54, 1.807) is 7.11 Å². The van der Waals surface area contributed by atoms with Gasteiger partial charge in [0.25, 0.3) is 0 Å². The highest BCUT2D eigenvalue weighted by Gasteiger charge is 2.10. The van der Waals surface area contributed by atoms with E-state index in [1.165, 1.54) is 11.1 Å². The maximum absolute atomic E-state index is 5.24. The molecule has 0 aliphatic rings. The molecule has 1 atom stereocenters. The van der Waals surface area contributed by atoms with Crippen LogP contribution in [0.5, 0.6) is 5.75 Å². The van der Waals surface area contributed by atoms with E-state index < -0.39 is 0 Å². The predicted molar refractivity (Wildman–Crippen MR) is 89.2 cm³/mol. The van der Waals surface area contributed by atoms with E-state index in [2.05, 4.69) is 25.1 Å². The molecule has 2 rings (SSSR count). The molecule has 108 valence electrons. The van der Waals surface area contributed by atoms with Crippen molar-refractivity contribution in [3.05, 3.63) is 77.4 Å². The van der Waals surface area contributed by atoms with Gasteiger partial charge in [-0.25, -0.2) is 0 Å². The normalized spacial score (nSPS) is 13.4. The summed E-state index contributed by atoms with van der Waals surface area (Å²) in [6.45, 7) is 4.16. The van der Waals surface area contributed by atoms with Crippen molar-refractivity contribution in [3.8, 4) is 5.75 Å². The molecule has 2 aromatic rings. The van der Waals surface area contributed by atoms with Gasteiger partial charge in [0.2, 0.25) is 0 Å². The van der Waals surface area contributed by atoms with Gasteiger partial charge in [0, 0.05) is 6.21 Å². The van der Waals surface area contributed by atoms with Crippen molar-refractivity contribution in [2.45, 2.75) is 19.9 Å². The lowest BCUT2D eigenvalue weighted by Gasteiger charge is -2.13. The van der Waals surface area contributed by atoms with Gasteiger partial charge in [-0.05, 0) is 42.7 Å². The van der Waals surface area contributed by atoms with Crippen molar-refractivity contribution < 1.29 is 4.74 Å². The number of benzene rings is 2. The number of hydrogen-bond donors (Lipinski definition) is 0. The first-order chi connectivity index (χ1) is 10.2. The molecule has 0 heterocycles. The monoisotopic (exact) mass is 279 g/mol. The van der Waals surface area contributed by atoms with Crippen molar-refractivity contribution in [2.75, 3.05) is 7.11 Å². The summed E-state index contributed by atoms with van der Waals surface area (Å²) in [5.41, 5.74) is 3.48. The minimum absolute atomic E-state index is 0.0578. The Morgan fingerprint density at radius 1 is 1.10 bits per heavy atom. The predicted octanol–water partition coefficient (Wildman–Crippen LogP) is 4.82. The fraction of sp³-hybridized carbons (Fsp3) is 0.211. The third-order valence-corrected chi connectivity index (χ3v) is 3.47. The smallest absolute Gasteiger partial charge is 0.119 e. The maximum Gasteiger partial charge on any atom is 0.119 e. The molecular weight excluding hydrogens is 258 g/mol. The average molecular weight is 279 g/mol. The number of methoxy groups -OCH3 is 1. The lowest BCUT2D eigenvalue weighted by molar-refractivity contribution is 0.415. The SMILES string of the molecule is C/C=C(\C)C(N=Cc1cccc(OC)c1)c1ccccc1. The summed E-state index contributed by atoms with van der Waals surface area (Å²) in [6.07, 6.45) is 4.02. The molecule has 2 aromatic carbocycles. The van der Waals surface area contributed by atoms with Gasteiger partial charge < -0.3 is 4.74 Å². The summed E-state index contributed by atoms with van der Waals surface area (Å²) in [6, 6.07) is 18.3. The number of ether oxygens (including phenoxy) is 1. The van der Waals surface area contributed by atoms with Crippen LogP contribution in [-0.4, -0.2) is 13.3 Å². The van der Waals surface area contributed by atoms with Crippen molar-refractivity contribution in [1.82, 2.24) is 0 Å². The molecule has 2 nitrogen and oxygen atoms in total. The van der Waals surface area contributed by atoms with Crippen molar-refractivity contribution in [1.29, 1.82) is 0 Å². The molecule has 1 unspecified atom stereocenters. The molecule has 0 bridgehead atoms. The Bertz CT molecular complexity index is 629. The van der Waals surface area contributed by atoms with Gasteiger partial charge in [-0.15, -0.1) is 0 Å². The standard InChI is InChI=1S/C19H21NO/c1-4-15(2)19(17-10-6-5-7-11-17)20-14-16-9-8-12-18(13-16)21-3/h4-14,19H,1-3H3/b15-4+,20-14?. The zero-order valence-corrected chi connectivity index (χ0v) is 12.8. The van der Waals surface area contributed by atoms with Crippen LogP contribution in [0.25, 0.3) is 0 Å². The van der Waals surface area contributed by atoms with Gasteiger partial charge in [0.1, 0.15) is 5.75 Å². The van der Waals surface area contributed by atoms with Crippen LogP contribution in [0.1, 0.15) is 31.0 Å². The third kappa shape index (κ3) is 4.06. The lowest BCUT2D eigenvalue weighted by Crippen LogP contribution is -1.98. The number of allylic oxidation sites excluding steroid dienone is 1. The minimum Gasteiger partial charge on any atom is -0.497 e. The Hall–Kier alpha value is -2.35. The van der Waals surface area contributed by atoms with Gasteiger partial charge >= 0.3 is 0 Å². The van der Waals surface area contributed by atoms with Crippen molar-refractivity contribution in [2.24, 2.45) is 4.99 Å². The summed E-state index contributed by atoms with van der Waals surface area (Å²) in [7, 11) is 1.67. The summed E-state index contributed by atoms with van der Waals surface area (Å²) < 4.78 is 5.24. The molecule has 0 saturated heterocycles. The molecule has 0 amide bonds. The molecule has 0 aliphatic heterocycles. The molecule has 2 heteroatoms. The topological polar surface area (TPSA) is 21.6 Å². The zero-order chi connectivity index (χ0) is 15.1. The highest BCUT2D eigenvalue weighted by Crippen LogP contribution is 2.25. The second-order valence-corrected chi connectivity index (χ2v) is 4.90. The summed E-state index contributed by atoms with van der Waals surface area (Å²) >= 11 is 0. The first kappa shape index (κ1) is 15.0. The van der Waals surface area contributed by atoms with E-state index >= 15 is 0 Å². The van der Waals surface area contributed by atoms with Gasteiger partial charge in [-0.1, -0.05) is 48.5 Å². The van der Waals surface area contributed by atoms with Crippen LogP contribution in [0.3, 0.4) is 0 Å². The number of aliphatic imine (C=N–C) groups is 1. The zero-order valence-electron chi connectivity index (χ0n) is 12.8. The summed E-state index contributed by atoms with van der Waals surface area (Å²) in [5.74, 6) is 0.845. The van der Waals surface area contributed by atoms with Crippen LogP contribution in [-0.2, 0) is 0 Å². The van der Waals surface area contributed by atoms with E-state index in [4.69, 9.17) is 9.73 Å². The molecule has 0 saturated carbocycles. The van der Waals surface area contributed by atoms with E-state index in [1.807, 2.05) is 55.6 Å². The number of rotatable bonds is 5. The first-order valence-electron chi connectivity index (χ1n) is 7.09. The molecule has 21 heavy (non-hydrogen) atoms. The molecule has 0 aliphatic carbocycles. The van der Waals surface area contributed by atoms with Gasteiger partial charge in [0.05, 0.1) is 13.2 Å². The number of nitrogens with zero attached hydrogens (tertiary/aromatic N) is 1. The van der Waals surface area contributed by atoms with Gasteiger partial charge in [0.15, 0.2) is 0 Å². The quantitative estimate of drug-likeness (QED) is 0.568. The second-order valence-electron chi connectivity index (χ2n) is 4.90. The molecule has 0 fully saturated rings. The summed E-state index contributed by atoms with van der Waals surface area (Å²) in [5, 5.41) is 0. The Morgan fingerprint density at radius 3 is 2.52 bits per heavy atom. The average Bonchev–Trinajstić information content (AvgIpc) is 2.56. The van der Waals surface area contributed by atoms with Crippen molar-refractivity contribution >= 4 is 6.21 Å². The first-order valence-corrected chi connectivity index (χ1v) is 7.09. The van der Waals surface area contributed by atoms with E-state index in [0.29, 0.717) is 0 Å². The van der Waals surface area contributed by atoms with Crippen LogP contribution in [0.2, 0.25) is 0 Å². The van der Waals surface area contributed by atoms with E-state index in [9.17, 15) is 0 Å². The largest absolute Gasteiger partial charge is 0.497 e. The van der Waals surface area contributed by atoms with Crippen LogP contribution in [0.15, 0.2) is 71.2 Å². The Balaban J connectivity index is 2.28. The fourth-order valence-electron chi connectivity index (χ4n) is 2.14. The van der Waals surface area contributed by atoms with E-state index in [0.717, 1.165) is 11.3 Å². The number of hydrogen-bond acceptors (Lipinski definition) is 2. The van der Waals surface area contributed by atoms with Crippen LogP contribution in [0, 0.1) is 0 Å². The fourth-order valence-corrected chi connectivity index (χ4v) is 2.14. The molecule has 0 radical (unpaired) electrons. The molecule has 0 spiro atoms. The summed E-state index contributed by atoms with van der Waals surface area (Å²) in [4.78, 5) is 4.76. The highest BCUT2D eigenvalue weighted by molar-refractivity contribution is 5.80.